The highest BCUT2D eigenvalue weighted by Crippen LogP contribution is 2.35. The Kier molecular flexibility index (Phi) is 7.87. The van der Waals surface area contributed by atoms with Gasteiger partial charge >= 0.3 is 0 Å². The van der Waals surface area contributed by atoms with Crippen LogP contribution in [0.25, 0.3) is 0 Å². The predicted octanol–water partition coefficient (Wildman–Crippen LogP) is 4.69. The summed E-state index contributed by atoms with van der Waals surface area (Å²) in [6, 6.07) is 25.0. The first-order valence-electron chi connectivity index (χ1n) is 11.7. The number of aliphatic hydroxyl groups is 1. The van der Waals surface area contributed by atoms with Crippen molar-refractivity contribution in [2.24, 2.45) is 0 Å². The number of aliphatic hydroxyl groups excluding tert-OH is 1. The number of methoxy groups -OCH3 is 1. The lowest BCUT2D eigenvalue weighted by Crippen LogP contribution is -2.34. The van der Waals surface area contributed by atoms with Crippen LogP contribution < -0.4 is 14.4 Å². The summed E-state index contributed by atoms with van der Waals surface area (Å²) in [6.07, 6.45) is 2.57. The highest BCUT2D eigenvalue weighted by Gasteiger charge is 2.20. The molecule has 1 aliphatic rings. The lowest BCUT2D eigenvalue weighted by Gasteiger charge is -2.28. The molecule has 174 valence electrons. The summed E-state index contributed by atoms with van der Waals surface area (Å²) in [7, 11) is 3.67. The Morgan fingerprint density at radius 3 is 2.09 bits per heavy atom. The number of hydrogen-bond donors (Lipinski definition) is 1. The second-order valence-corrected chi connectivity index (χ2v) is 8.64. The number of aryl methyl sites for hydroxylation is 2. The van der Waals surface area contributed by atoms with Crippen molar-refractivity contribution in [3.05, 3.63) is 83.9 Å². The van der Waals surface area contributed by atoms with Gasteiger partial charge in [0.2, 0.25) is 0 Å². The fraction of sp³-hybridized carbons (Fsp3) is 0.357. The average molecular weight is 447 g/mol. The van der Waals surface area contributed by atoms with Gasteiger partial charge in [-0.3, -0.25) is 0 Å². The van der Waals surface area contributed by atoms with Crippen LogP contribution in [0.3, 0.4) is 0 Å². The van der Waals surface area contributed by atoms with E-state index in [0.717, 1.165) is 32.4 Å². The Morgan fingerprint density at radius 2 is 1.45 bits per heavy atom. The fourth-order valence-electron chi connectivity index (χ4n) is 4.54. The van der Waals surface area contributed by atoms with Crippen molar-refractivity contribution in [2.75, 3.05) is 45.3 Å². The number of ether oxygens (including phenoxy) is 2. The molecule has 4 rings (SSSR count). The van der Waals surface area contributed by atoms with E-state index in [1.807, 2.05) is 24.3 Å². The Hall–Kier alpha value is -3.02. The minimum absolute atomic E-state index is 0.234. The molecule has 0 spiro atoms. The molecule has 1 unspecified atom stereocenters. The second kappa shape index (κ2) is 11.2. The topological polar surface area (TPSA) is 45.2 Å². The van der Waals surface area contributed by atoms with Crippen molar-refractivity contribution < 1.29 is 14.6 Å². The Balaban J connectivity index is 1.31. The van der Waals surface area contributed by atoms with Crippen LogP contribution in [-0.4, -0.2) is 56.5 Å². The number of anilines is 2. The predicted molar refractivity (Wildman–Crippen MR) is 134 cm³/mol. The van der Waals surface area contributed by atoms with Gasteiger partial charge in [0.1, 0.15) is 12.7 Å². The molecule has 5 nitrogen and oxygen atoms in total. The second-order valence-electron chi connectivity index (χ2n) is 8.64. The first kappa shape index (κ1) is 23.1. The monoisotopic (exact) mass is 446 g/mol. The summed E-state index contributed by atoms with van der Waals surface area (Å²) < 4.78 is 11.1. The molecule has 1 heterocycles. The zero-order chi connectivity index (χ0) is 23.0. The van der Waals surface area contributed by atoms with Gasteiger partial charge in [0, 0.05) is 24.5 Å². The molecule has 1 aliphatic heterocycles. The van der Waals surface area contributed by atoms with Gasteiger partial charge in [-0.05, 0) is 68.2 Å². The van der Waals surface area contributed by atoms with Gasteiger partial charge in [0.05, 0.1) is 7.11 Å². The van der Waals surface area contributed by atoms with E-state index >= 15 is 0 Å². The van der Waals surface area contributed by atoms with Crippen molar-refractivity contribution in [1.29, 1.82) is 0 Å². The zero-order valence-electron chi connectivity index (χ0n) is 19.6. The summed E-state index contributed by atoms with van der Waals surface area (Å²) in [5, 5.41) is 10.5. The smallest absolute Gasteiger partial charge is 0.161 e. The molecule has 0 aromatic heterocycles. The summed E-state index contributed by atoms with van der Waals surface area (Å²) in [6.45, 7) is 2.62. The molecular weight excluding hydrogens is 412 g/mol. The van der Waals surface area contributed by atoms with Gasteiger partial charge in [-0.1, -0.05) is 48.5 Å². The Morgan fingerprint density at radius 1 is 0.879 bits per heavy atom. The maximum atomic E-state index is 10.5. The number of hydrogen-bond acceptors (Lipinski definition) is 5. The van der Waals surface area contributed by atoms with Crippen LogP contribution >= 0.6 is 0 Å². The summed E-state index contributed by atoms with van der Waals surface area (Å²) in [5.74, 6) is 1.33. The largest absolute Gasteiger partial charge is 0.493 e. The molecule has 0 fully saturated rings. The third-order valence-electron chi connectivity index (χ3n) is 6.17. The van der Waals surface area contributed by atoms with E-state index in [0.29, 0.717) is 18.0 Å². The first-order valence-corrected chi connectivity index (χ1v) is 11.7. The average Bonchev–Trinajstić information content (AvgIpc) is 3.00. The van der Waals surface area contributed by atoms with Crippen LogP contribution in [0.2, 0.25) is 0 Å². The molecule has 5 heteroatoms. The van der Waals surface area contributed by atoms with Gasteiger partial charge < -0.3 is 24.4 Å². The highest BCUT2D eigenvalue weighted by atomic mass is 16.5. The lowest BCUT2D eigenvalue weighted by atomic mass is 10.0. The molecule has 0 saturated heterocycles. The van der Waals surface area contributed by atoms with E-state index in [2.05, 4.69) is 65.4 Å². The number of nitrogens with zero attached hydrogens (tertiary/aromatic N) is 2. The third kappa shape index (κ3) is 5.86. The van der Waals surface area contributed by atoms with Crippen molar-refractivity contribution in [3.63, 3.8) is 0 Å². The fourth-order valence-corrected chi connectivity index (χ4v) is 4.54. The highest BCUT2D eigenvalue weighted by molar-refractivity contribution is 5.71. The zero-order valence-corrected chi connectivity index (χ0v) is 19.6. The van der Waals surface area contributed by atoms with E-state index in [1.165, 1.54) is 22.5 Å². The van der Waals surface area contributed by atoms with Crippen LogP contribution in [0.1, 0.15) is 17.5 Å². The van der Waals surface area contributed by atoms with Gasteiger partial charge in [-0.15, -0.1) is 0 Å². The standard InChI is InChI=1S/C28H34N2O3/c1-29(20-24(31)21-33-28-15-8-7-14-27(28)32-2)18-9-19-30-25-12-5-3-10-22(25)16-17-23-11-4-6-13-26(23)30/h3-8,10-15,24,31H,9,16-21H2,1-2H3. The normalized spacial score (nSPS) is 13.8. The van der Waals surface area contributed by atoms with Gasteiger partial charge in [0.15, 0.2) is 11.5 Å². The molecule has 3 aromatic rings. The van der Waals surface area contributed by atoms with Crippen LogP contribution in [0.4, 0.5) is 11.4 Å². The molecule has 0 bridgehead atoms. The molecule has 1 N–H and O–H groups in total. The number of fused-ring (bicyclic) bond motifs is 2. The SMILES string of the molecule is COc1ccccc1OCC(O)CN(C)CCCN1c2ccccc2CCc2ccccc21. The minimum Gasteiger partial charge on any atom is -0.493 e. The van der Waals surface area contributed by atoms with Crippen LogP contribution in [-0.2, 0) is 12.8 Å². The Labute approximate surface area is 197 Å². The van der Waals surface area contributed by atoms with E-state index in [-0.39, 0.29) is 6.61 Å². The van der Waals surface area contributed by atoms with E-state index < -0.39 is 6.10 Å². The molecule has 0 amide bonds. The van der Waals surface area contributed by atoms with Gasteiger partial charge in [-0.2, -0.15) is 0 Å². The van der Waals surface area contributed by atoms with Crippen LogP contribution in [0.5, 0.6) is 11.5 Å². The van der Waals surface area contributed by atoms with Crippen molar-refractivity contribution in [3.8, 4) is 11.5 Å². The number of likely N-dealkylation sites (N-methyl/N-ethyl adjacent to an activating group) is 1. The molecule has 0 saturated carbocycles. The van der Waals surface area contributed by atoms with Crippen LogP contribution in [0.15, 0.2) is 72.8 Å². The Bertz CT molecular complexity index is 991. The van der Waals surface area contributed by atoms with E-state index in [1.54, 1.807) is 7.11 Å². The van der Waals surface area contributed by atoms with E-state index in [4.69, 9.17) is 9.47 Å². The number of benzene rings is 3. The first-order chi connectivity index (χ1) is 16.2. The summed E-state index contributed by atoms with van der Waals surface area (Å²) in [4.78, 5) is 4.64. The molecule has 0 radical (unpaired) electrons. The molecule has 33 heavy (non-hydrogen) atoms. The minimum atomic E-state index is -0.570. The van der Waals surface area contributed by atoms with Gasteiger partial charge in [-0.25, -0.2) is 0 Å². The van der Waals surface area contributed by atoms with Gasteiger partial charge in [0.25, 0.3) is 0 Å². The van der Waals surface area contributed by atoms with Crippen molar-refractivity contribution in [1.82, 2.24) is 4.90 Å². The summed E-state index contributed by atoms with van der Waals surface area (Å²) >= 11 is 0. The molecule has 3 aromatic carbocycles. The van der Waals surface area contributed by atoms with Crippen molar-refractivity contribution in [2.45, 2.75) is 25.4 Å². The van der Waals surface area contributed by atoms with E-state index in [9.17, 15) is 5.11 Å². The van der Waals surface area contributed by atoms with Crippen LogP contribution in [0, 0.1) is 0 Å². The maximum absolute atomic E-state index is 10.5. The van der Waals surface area contributed by atoms with Crippen molar-refractivity contribution >= 4 is 11.4 Å². The summed E-state index contributed by atoms with van der Waals surface area (Å²) in [5.41, 5.74) is 5.45. The third-order valence-corrected chi connectivity index (χ3v) is 6.17. The molecule has 1 atom stereocenters. The maximum Gasteiger partial charge on any atom is 0.161 e. The lowest BCUT2D eigenvalue weighted by molar-refractivity contribution is 0.0751. The number of para-hydroxylation sites is 4. The quantitative estimate of drug-likeness (QED) is 0.489. The molecular formula is C28H34N2O3. The molecule has 0 aliphatic carbocycles. The number of rotatable bonds is 10.